The molecule has 2 rings (SSSR count). The van der Waals surface area contributed by atoms with Gasteiger partial charge < -0.3 is 14.6 Å². The summed E-state index contributed by atoms with van der Waals surface area (Å²) in [6.07, 6.45) is -0.747. The molecule has 0 saturated carbocycles. The highest BCUT2D eigenvalue weighted by atomic mass is 79.9. The van der Waals surface area contributed by atoms with Crippen molar-refractivity contribution in [3.8, 4) is 11.5 Å². The van der Waals surface area contributed by atoms with Crippen LogP contribution in [0.15, 0.2) is 45.3 Å². The van der Waals surface area contributed by atoms with Gasteiger partial charge in [0.05, 0.1) is 14.2 Å². The van der Waals surface area contributed by atoms with Crippen molar-refractivity contribution in [1.82, 2.24) is 0 Å². The van der Waals surface area contributed by atoms with Crippen molar-refractivity contribution in [2.75, 3.05) is 14.2 Å². The van der Waals surface area contributed by atoms with Crippen LogP contribution in [0.3, 0.4) is 0 Å². The quantitative estimate of drug-likeness (QED) is 0.829. The smallest absolute Gasteiger partial charge is 0.122 e. The number of ether oxygens (including phenoxy) is 2. The fraction of sp³-hybridized carbons (Fsp3) is 0.200. The third-order valence-corrected chi connectivity index (χ3v) is 4.83. The van der Waals surface area contributed by atoms with E-state index in [1.54, 1.807) is 32.4 Å². The first-order chi connectivity index (χ1) is 9.55. The fourth-order valence-electron chi connectivity index (χ4n) is 1.86. The van der Waals surface area contributed by atoms with Crippen LogP contribution in [0.4, 0.5) is 0 Å². The van der Waals surface area contributed by atoms with E-state index >= 15 is 0 Å². The van der Waals surface area contributed by atoms with E-state index in [1.807, 2.05) is 18.2 Å². The summed E-state index contributed by atoms with van der Waals surface area (Å²) in [5.74, 6) is 1.30. The first kappa shape index (κ1) is 15.4. The predicted molar refractivity (Wildman–Crippen MR) is 85.4 cm³/mol. The number of benzene rings is 2. The summed E-state index contributed by atoms with van der Waals surface area (Å²) >= 11 is 6.85. The highest BCUT2D eigenvalue weighted by Gasteiger charge is 2.14. The lowest BCUT2D eigenvalue weighted by molar-refractivity contribution is 0.219. The second-order valence-electron chi connectivity index (χ2n) is 4.22. The molecule has 0 aliphatic heterocycles. The Bertz CT molecular complexity index is 592. The molecule has 0 bridgehead atoms. The zero-order valence-electron chi connectivity index (χ0n) is 11.1. The topological polar surface area (TPSA) is 38.7 Å². The average Bonchev–Trinajstić information content (AvgIpc) is 2.48. The Morgan fingerprint density at radius 2 is 1.45 bits per heavy atom. The van der Waals surface area contributed by atoms with E-state index in [2.05, 4.69) is 31.9 Å². The van der Waals surface area contributed by atoms with Gasteiger partial charge in [-0.15, -0.1) is 0 Å². The van der Waals surface area contributed by atoms with E-state index in [1.165, 1.54) is 0 Å². The van der Waals surface area contributed by atoms with Gasteiger partial charge in [-0.05, 0) is 67.3 Å². The minimum Gasteiger partial charge on any atom is -0.497 e. The Balaban J connectivity index is 2.41. The lowest BCUT2D eigenvalue weighted by Crippen LogP contribution is -2.01. The Hall–Kier alpha value is -1.04. The molecule has 0 radical (unpaired) electrons. The Kier molecular flexibility index (Phi) is 5.07. The number of hydrogen-bond acceptors (Lipinski definition) is 3. The number of hydrogen-bond donors (Lipinski definition) is 1. The molecule has 20 heavy (non-hydrogen) atoms. The minimum absolute atomic E-state index is 0.648. The van der Waals surface area contributed by atoms with Gasteiger partial charge >= 0.3 is 0 Å². The maximum absolute atomic E-state index is 10.5. The van der Waals surface area contributed by atoms with Gasteiger partial charge in [0.2, 0.25) is 0 Å². The normalized spacial score (nSPS) is 12.1. The molecule has 106 valence electrons. The number of aliphatic hydroxyl groups excluding tert-OH is 1. The summed E-state index contributed by atoms with van der Waals surface area (Å²) in [6.45, 7) is 0. The summed E-state index contributed by atoms with van der Waals surface area (Å²) in [7, 11) is 3.17. The molecule has 2 aromatic rings. The van der Waals surface area contributed by atoms with Crippen LogP contribution in [0.5, 0.6) is 11.5 Å². The molecule has 0 aliphatic carbocycles. The molecule has 0 aliphatic rings. The highest BCUT2D eigenvalue weighted by Crippen LogP contribution is 2.32. The van der Waals surface area contributed by atoms with Gasteiger partial charge in [0.25, 0.3) is 0 Å². The number of methoxy groups -OCH3 is 2. The third-order valence-electron chi connectivity index (χ3n) is 2.95. The second-order valence-corrected chi connectivity index (χ2v) is 5.93. The Morgan fingerprint density at radius 1 is 0.850 bits per heavy atom. The molecule has 0 spiro atoms. The first-order valence-electron chi connectivity index (χ1n) is 5.91. The molecule has 0 heterocycles. The SMILES string of the molecule is COc1cc(OC)cc(C(O)c2ccc(Br)c(Br)c2)c1. The van der Waals surface area contributed by atoms with E-state index in [0.717, 1.165) is 20.1 Å². The maximum atomic E-state index is 10.5. The molecule has 0 fully saturated rings. The van der Waals surface area contributed by atoms with Crippen molar-refractivity contribution in [2.24, 2.45) is 0 Å². The molecule has 1 atom stereocenters. The molecule has 0 aromatic heterocycles. The molecule has 3 nitrogen and oxygen atoms in total. The molecule has 2 aromatic carbocycles. The van der Waals surface area contributed by atoms with Crippen molar-refractivity contribution < 1.29 is 14.6 Å². The molecule has 5 heteroatoms. The van der Waals surface area contributed by atoms with Crippen molar-refractivity contribution in [2.45, 2.75) is 6.10 Å². The first-order valence-corrected chi connectivity index (χ1v) is 7.49. The van der Waals surface area contributed by atoms with Crippen LogP contribution >= 0.6 is 31.9 Å². The predicted octanol–water partition coefficient (Wildman–Crippen LogP) is 4.31. The van der Waals surface area contributed by atoms with Gasteiger partial charge in [-0.1, -0.05) is 6.07 Å². The van der Waals surface area contributed by atoms with Gasteiger partial charge in [0, 0.05) is 15.0 Å². The van der Waals surface area contributed by atoms with E-state index < -0.39 is 6.10 Å². The molecule has 0 saturated heterocycles. The van der Waals surface area contributed by atoms with Crippen molar-refractivity contribution in [3.05, 3.63) is 56.5 Å². The zero-order valence-corrected chi connectivity index (χ0v) is 14.2. The minimum atomic E-state index is -0.747. The van der Waals surface area contributed by atoms with Gasteiger partial charge in [0.15, 0.2) is 0 Å². The standard InChI is InChI=1S/C15H14Br2O3/c1-19-11-5-10(6-12(8-11)20-2)15(18)9-3-4-13(16)14(17)7-9/h3-8,15,18H,1-2H3. The van der Waals surface area contributed by atoms with Crippen molar-refractivity contribution in [1.29, 1.82) is 0 Å². The molecule has 1 N–H and O–H groups in total. The highest BCUT2D eigenvalue weighted by molar-refractivity contribution is 9.13. The summed E-state index contributed by atoms with van der Waals surface area (Å²) < 4.78 is 12.3. The largest absolute Gasteiger partial charge is 0.497 e. The van der Waals surface area contributed by atoms with Crippen molar-refractivity contribution in [3.63, 3.8) is 0 Å². The lowest BCUT2D eigenvalue weighted by Gasteiger charge is -2.15. The van der Waals surface area contributed by atoms with Crippen LogP contribution in [0.2, 0.25) is 0 Å². The van der Waals surface area contributed by atoms with Crippen LogP contribution in [0.25, 0.3) is 0 Å². The van der Waals surface area contributed by atoms with Crippen LogP contribution in [-0.4, -0.2) is 19.3 Å². The molecule has 0 amide bonds. The van der Waals surface area contributed by atoms with Crippen LogP contribution in [0.1, 0.15) is 17.2 Å². The monoisotopic (exact) mass is 400 g/mol. The second kappa shape index (κ2) is 6.61. The maximum Gasteiger partial charge on any atom is 0.122 e. The van der Waals surface area contributed by atoms with E-state index in [4.69, 9.17) is 9.47 Å². The number of halogens is 2. The summed E-state index contributed by atoms with van der Waals surface area (Å²) in [5.41, 5.74) is 1.51. The Morgan fingerprint density at radius 3 is 1.95 bits per heavy atom. The van der Waals surface area contributed by atoms with E-state index in [9.17, 15) is 5.11 Å². The van der Waals surface area contributed by atoms with Gasteiger partial charge in [-0.25, -0.2) is 0 Å². The third kappa shape index (κ3) is 3.34. The van der Waals surface area contributed by atoms with E-state index in [0.29, 0.717) is 11.5 Å². The summed E-state index contributed by atoms with van der Waals surface area (Å²) in [6, 6.07) is 11.0. The fourth-order valence-corrected chi connectivity index (χ4v) is 2.51. The zero-order chi connectivity index (χ0) is 14.7. The van der Waals surface area contributed by atoms with Gasteiger partial charge in [-0.2, -0.15) is 0 Å². The summed E-state index contributed by atoms with van der Waals surface area (Å²) in [4.78, 5) is 0. The molecule has 1 unspecified atom stereocenters. The number of aliphatic hydroxyl groups is 1. The summed E-state index contributed by atoms with van der Waals surface area (Å²) in [5, 5.41) is 10.5. The molecular formula is C15H14Br2O3. The lowest BCUT2D eigenvalue weighted by atomic mass is 10.0. The number of rotatable bonds is 4. The average molecular weight is 402 g/mol. The molecular weight excluding hydrogens is 388 g/mol. The van der Waals surface area contributed by atoms with E-state index in [-0.39, 0.29) is 0 Å². The van der Waals surface area contributed by atoms with Crippen LogP contribution in [0, 0.1) is 0 Å². The van der Waals surface area contributed by atoms with Gasteiger partial charge in [0.1, 0.15) is 17.6 Å². The van der Waals surface area contributed by atoms with Crippen molar-refractivity contribution >= 4 is 31.9 Å². The van der Waals surface area contributed by atoms with Gasteiger partial charge in [-0.3, -0.25) is 0 Å². The Labute approximate surface area is 134 Å². The van der Waals surface area contributed by atoms with Crippen LogP contribution < -0.4 is 9.47 Å². The van der Waals surface area contributed by atoms with Crippen LogP contribution in [-0.2, 0) is 0 Å².